The number of aromatic hydroxyl groups is 2. The summed E-state index contributed by atoms with van der Waals surface area (Å²) >= 11 is 0. The highest BCUT2D eigenvalue weighted by Crippen LogP contribution is 2.51. The van der Waals surface area contributed by atoms with Crippen LogP contribution in [0.3, 0.4) is 0 Å². The Hall–Kier alpha value is -3.15. The van der Waals surface area contributed by atoms with Gasteiger partial charge in [-0.15, -0.1) is 0 Å². The first kappa shape index (κ1) is 21.0. The van der Waals surface area contributed by atoms with E-state index in [0.717, 1.165) is 0 Å². The van der Waals surface area contributed by atoms with E-state index in [4.69, 9.17) is 19.3 Å². The molecule has 5 rings (SSSR count). The molecule has 10 nitrogen and oxygen atoms in total. The first-order chi connectivity index (χ1) is 18.2. The van der Waals surface area contributed by atoms with Crippen molar-refractivity contribution in [2.24, 2.45) is 5.73 Å². The Morgan fingerprint density at radius 3 is 2.36 bits per heavy atom. The molecule has 0 radical (unpaired) electrons. The molecule has 0 amide bonds. The highest BCUT2D eigenvalue weighted by atomic mass is 16.7. The van der Waals surface area contributed by atoms with Crippen LogP contribution in [0.5, 0.6) is 11.5 Å². The fraction of sp³-hybridized carbons (Fsp3) is 0.423. The minimum atomic E-state index is -3.23. The number of benzene rings is 2. The van der Waals surface area contributed by atoms with Crippen LogP contribution in [0.15, 0.2) is 24.3 Å². The number of hydrogen-bond acceptors (Lipinski definition) is 10. The van der Waals surface area contributed by atoms with Gasteiger partial charge in [0.25, 0.3) is 0 Å². The number of ketones is 3. The largest absolute Gasteiger partial charge is 0.507 e. The van der Waals surface area contributed by atoms with E-state index in [9.17, 15) is 34.8 Å². The summed E-state index contributed by atoms with van der Waals surface area (Å²) in [7, 11) is 0. The van der Waals surface area contributed by atoms with Crippen molar-refractivity contribution in [1.29, 1.82) is 0 Å². The summed E-state index contributed by atoms with van der Waals surface area (Å²) in [6.07, 6.45) is -5.86. The number of carbonyl (C=O) groups is 3. The standard InChI is InChI=1S/C26H27NO9/c1-10-21(29)15(27)7-17(35-10)36-16-9-26(34,11(2)28)8-14-18(16)25(33)20-19(24(14)32)22(30)12-5-3-4-6-13(12)23(20)31/h3-6,10,15-17,21,29,32-34H,7-9,27H2,1-2H3/t10-,15+,16-,17-,21+,26-/m0/s1/i2D3. The molecule has 0 saturated carbocycles. The molecule has 1 heterocycles. The van der Waals surface area contributed by atoms with Gasteiger partial charge in [0.1, 0.15) is 17.1 Å². The average molecular weight is 501 g/mol. The zero-order chi connectivity index (χ0) is 28.6. The predicted octanol–water partition coefficient (Wildman–Crippen LogP) is 1.02. The van der Waals surface area contributed by atoms with E-state index in [0.29, 0.717) is 0 Å². The average Bonchev–Trinajstić information content (AvgIpc) is 2.86. The van der Waals surface area contributed by atoms with Gasteiger partial charge in [0, 0.05) is 51.7 Å². The number of Topliss-reactive ketones (excluding diaryl/α,β-unsaturated/α-hetero) is 1. The van der Waals surface area contributed by atoms with Gasteiger partial charge in [0.15, 0.2) is 23.6 Å². The number of hydrogen-bond donors (Lipinski definition) is 5. The molecule has 0 unspecified atom stereocenters. The summed E-state index contributed by atoms with van der Waals surface area (Å²) in [5.74, 6) is -4.51. The number of aliphatic hydroxyl groups is 2. The quantitative estimate of drug-likeness (QED) is 0.326. The van der Waals surface area contributed by atoms with E-state index in [-0.39, 0.29) is 28.7 Å². The van der Waals surface area contributed by atoms with Crippen LogP contribution in [0, 0.1) is 0 Å². The molecule has 0 aromatic heterocycles. The Kier molecular flexibility index (Phi) is 4.93. The van der Waals surface area contributed by atoms with Gasteiger partial charge in [-0.05, 0) is 13.8 Å². The maximum Gasteiger partial charge on any atom is 0.198 e. The lowest BCUT2D eigenvalue weighted by molar-refractivity contribution is -0.247. The fourth-order valence-electron chi connectivity index (χ4n) is 5.33. The molecule has 2 aromatic carbocycles. The van der Waals surface area contributed by atoms with Crippen LogP contribution in [-0.2, 0) is 20.7 Å². The van der Waals surface area contributed by atoms with E-state index < -0.39 is 95.9 Å². The number of rotatable bonds is 3. The molecule has 1 fully saturated rings. The third-order valence-corrected chi connectivity index (χ3v) is 7.26. The topological polar surface area (TPSA) is 177 Å². The van der Waals surface area contributed by atoms with Gasteiger partial charge in [0.05, 0.1) is 29.4 Å². The van der Waals surface area contributed by atoms with Crippen molar-refractivity contribution in [2.45, 2.75) is 69.3 Å². The molecule has 10 heteroatoms. The molecule has 0 spiro atoms. The monoisotopic (exact) mass is 500 g/mol. The fourth-order valence-corrected chi connectivity index (χ4v) is 5.33. The lowest BCUT2D eigenvalue weighted by Gasteiger charge is -2.42. The van der Waals surface area contributed by atoms with Crippen molar-refractivity contribution in [1.82, 2.24) is 0 Å². The maximum atomic E-state index is 13.4. The number of nitrogens with two attached hydrogens (primary N) is 1. The summed E-state index contributed by atoms with van der Waals surface area (Å²) in [6.45, 7) is -1.68. The number of aliphatic hydroxyl groups excluding tert-OH is 1. The maximum absolute atomic E-state index is 13.4. The van der Waals surface area contributed by atoms with Crippen LogP contribution in [-0.4, -0.2) is 67.9 Å². The highest BCUT2D eigenvalue weighted by Gasteiger charge is 2.49. The van der Waals surface area contributed by atoms with Crippen molar-refractivity contribution in [2.75, 3.05) is 0 Å². The molecule has 3 aliphatic rings. The number of carbonyl (C=O) groups excluding carboxylic acids is 3. The van der Waals surface area contributed by atoms with Gasteiger partial charge in [-0.25, -0.2) is 0 Å². The number of phenolic OH excluding ortho intramolecular Hbond substituents is 2. The van der Waals surface area contributed by atoms with Crippen molar-refractivity contribution < 1.29 is 48.4 Å². The zero-order valence-corrected chi connectivity index (χ0v) is 19.2. The number of fused-ring (bicyclic) bond motifs is 3. The van der Waals surface area contributed by atoms with Crippen LogP contribution < -0.4 is 5.73 Å². The number of ether oxygens (including phenoxy) is 2. The first-order valence-corrected chi connectivity index (χ1v) is 11.5. The van der Waals surface area contributed by atoms with Gasteiger partial charge in [-0.3, -0.25) is 14.4 Å². The summed E-state index contributed by atoms with van der Waals surface area (Å²) in [6, 6.07) is 5.07. The molecular formula is C26H27NO9. The predicted molar refractivity (Wildman–Crippen MR) is 124 cm³/mol. The van der Waals surface area contributed by atoms with Gasteiger partial charge in [0.2, 0.25) is 0 Å². The molecule has 36 heavy (non-hydrogen) atoms. The Balaban J connectivity index is 1.68. The Morgan fingerprint density at radius 2 is 1.78 bits per heavy atom. The van der Waals surface area contributed by atoms with Crippen molar-refractivity contribution in [3.05, 3.63) is 57.6 Å². The van der Waals surface area contributed by atoms with E-state index in [2.05, 4.69) is 0 Å². The summed E-state index contributed by atoms with van der Waals surface area (Å²) in [4.78, 5) is 39.6. The molecule has 0 bridgehead atoms. The summed E-state index contributed by atoms with van der Waals surface area (Å²) in [5, 5.41) is 44.1. The first-order valence-electron chi connectivity index (χ1n) is 13.0. The Labute approximate surface area is 210 Å². The number of phenols is 2. The molecule has 6 N–H and O–H groups in total. The van der Waals surface area contributed by atoms with Gasteiger partial charge < -0.3 is 35.6 Å². The third kappa shape index (κ3) is 3.56. The second kappa shape index (κ2) is 8.46. The van der Waals surface area contributed by atoms with Crippen LogP contribution in [0.1, 0.15) is 79.8 Å². The summed E-state index contributed by atoms with van der Waals surface area (Å²) < 4.78 is 34.3. The van der Waals surface area contributed by atoms with E-state index in [1.807, 2.05) is 0 Å². The molecule has 2 aromatic rings. The molecule has 6 atom stereocenters. The molecule has 1 aliphatic heterocycles. The summed E-state index contributed by atoms with van der Waals surface area (Å²) in [5.41, 5.74) is 1.89. The Morgan fingerprint density at radius 1 is 1.17 bits per heavy atom. The second-order valence-electron chi connectivity index (χ2n) is 9.57. The van der Waals surface area contributed by atoms with E-state index in [1.54, 1.807) is 6.92 Å². The smallest absolute Gasteiger partial charge is 0.198 e. The van der Waals surface area contributed by atoms with Gasteiger partial charge >= 0.3 is 0 Å². The van der Waals surface area contributed by atoms with Crippen molar-refractivity contribution in [3.8, 4) is 11.5 Å². The van der Waals surface area contributed by atoms with Gasteiger partial charge in [-0.1, -0.05) is 24.3 Å². The molecule has 190 valence electrons. The molecule has 2 aliphatic carbocycles. The van der Waals surface area contributed by atoms with Crippen molar-refractivity contribution in [3.63, 3.8) is 0 Å². The molecule has 1 saturated heterocycles. The highest BCUT2D eigenvalue weighted by molar-refractivity contribution is 6.30. The zero-order valence-electron chi connectivity index (χ0n) is 22.2. The minimum Gasteiger partial charge on any atom is -0.507 e. The van der Waals surface area contributed by atoms with Crippen LogP contribution >= 0.6 is 0 Å². The second-order valence-corrected chi connectivity index (χ2v) is 9.57. The van der Waals surface area contributed by atoms with Crippen LogP contribution in [0.25, 0.3) is 0 Å². The van der Waals surface area contributed by atoms with Crippen molar-refractivity contribution >= 4 is 17.3 Å². The lowest BCUT2D eigenvalue weighted by Crippen LogP contribution is -2.52. The molecular weight excluding hydrogens is 470 g/mol. The van der Waals surface area contributed by atoms with E-state index in [1.165, 1.54) is 24.3 Å². The normalized spacial score (nSPS) is 33.0. The van der Waals surface area contributed by atoms with E-state index >= 15 is 0 Å². The SMILES string of the molecule is [2H]C([2H])([2H])C(=O)[C@]1(O)Cc2c(O)c3c(c(O)c2[C@@H](O[C@H]2C[C@@H](N)[C@H](O)[C@H](C)O2)C1)C(=O)c1ccccc1C3=O. The Bertz CT molecular complexity index is 1400. The van der Waals surface area contributed by atoms with Crippen LogP contribution in [0.4, 0.5) is 0 Å². The van der Waals surface area contributed by atoms with Gasteiger partial charge in [-0.2, -0.15) is 0 Å². The lowest BCUT2D eigenvalue weighted by atomic mass is 9.72. The minimum absolute atomic E-state index is 0.0106. The third-order valence-electron chi connectivity index (χ3n) is 7.26. The van der Waals surface area contributed by atoms with Crippen LogP contribution in [0.2, 0.25) is 0 Å².